The van der Waals surface area contributed by atoms with Crippen molar-refractivity contribution in [2.75, 3.05) is 6.54 Å². The fourth-order valence-electron chi connectivity index (χ4n) is 5.17. The largest absolute Gasteiger partial charge is 0.438 e. The molecule has 1 aromatic carbocycles. The maximum absolute atomic E-state index is 13.4. The van der Waals surface area contributed by atoms with Gasteiger partial charge < -0.3 is 5.32 Å². The molecule has 1 fully saturated rings. The third kappa shape index (κ3) is 8.14. The van der Waals surface area contributed by atoms with E-state index in [2.05, 4.69) is 24.7 Å². The van der Waals surface area contributed by atoms with Crippen LogP contribution in [0.1, 0.15) is 101 Å². The number of amides is 1. The molecule has 224 valence electrons. The van der Waals surface area contributed by atoms with E-state index in [9.17, 15) is 18.0 Å². The topological polar surface area (TPSA) is 147 Å². The molecule has 3 N–H and O–H groups in total. The quantitative estimate of drug-likeness (QED) is 0.313. The molecule has 41 heavy (non-hydrogen) atoms. The summed E-state index contributed by atoms with van der Waals surface area (Å²) in [4.78, 5) is 32.7. The van der Waals surface area contributed by atoms with Crippen molar-refractivity contribution in [3.8, 4) is 10.4 Å². The van der Waals surface area contributed by atoms with Crippen LogP contribution in [0.5, 0.6) is 0 Å². The van der Waals surface area contributed by atoms with Crippen LogP contribution in [0.25, 0.3) is 10.4 Å². The van der Waals surface area contributed by atoms with Gasteiger partial charge in [0.15, 0.2) is 10.8 Å². The highest BCUT2D eigenvalue weighted by atomic mass is 32.2. The maximum Gasteiger partial charge on any atom is 0.438 e. The van der Waals surface area contributed by atoms with Crippen LogP contribution < -0.4 is 15.8 Å². The van der Waals surface area contributed by atoms with Crippen molar-refractivity contribution in [3.05, 3.63) is 50.8 Å². The summed E-state index contributed by atoms with van der Waals surface area (Å²) in [6.07, 6.45) is 7.01. The summed E-state index contributed by atoms with van der Waals surface area (Å²) < 4.78 is 34.1. The summed E-state index contributed by atoms with van der Waals surface area (Å²) in [6.45, 7) is 11.7. The average Bonchev–Trinajstić information content (AvgIpc) is 3.48. The molecule has 1 amide bonds. The molecule has 2 aromatic heterocycles. The second kappa shape index (κ2) is 12.2. The van der Waals surface area contributed by atoms with Crippen LogP contribution in [0.2, 0.25) is 0 Å². The van der Waals surface area contributed by atoms with E-state index in [0.29, 0.717) is 28.7 Å². The van der Waals surface area contributed by atoms with E-state index in [-0.39, 0.29) is 17.3 Å². The molecule has 1 aliphatic rings. The first-order valence-electron chi connectivity index (χ1n) is 14.1. The van der Waals surface area contributed by atoms with E-state index >= 15 is 0 Å². The Morgan fingerprint density at radius 1 is 1.12 bits per heavy atom. The summed E-state index contributed by atoms with van der Waals surface area (Å²) in [5.41, 5.74) is 1.36. The molecule has 0 bridgehead atoms. The smallest absolute Gasteiger partial charge is 0.350 e. The van der Waals surface area contributed by atoms with Crippen LogP contribution >= 0.6 is 11.3 Å². The number of rotatable bonds is 9. The average molecular weight is 604 g/mol. The van der Waals surface area contributed by atoms with Gasteiger partial charge in [-0.15, -0.1) is 11.3 Å². The van der Waals surface area contributed by atoms with Gasteiger partial charge in [-0.3, -0.25) is 14.3 Å². The number of nitrogens with one attached hydrogen (secondary N) is 3. The van der Waals surface area contributed by atoms with Crippen LogP contribution in [0.4, 0.5) is 0 Å². The van der Waals surface area contributed by atoms with Crippen molar-refractivity contribution >= 4 is 27.3 Å². The summed E-state index contributed by atoms with van der Waals surface area (Å²) in [7, 11) is -3.76. The fraction of sp³-hybridized carbons (Fsp3) is 0.586. The zero-order valence-corrected chi connectivity index (χ0v) is 26.4. The third-order valence-electron chi connectivity index (χ3n) is 7.01. The zero-order chi connectivity index (χ0) is 30.0. The van der Waals surface area contributed by atoms with Crippen molar-refractivity contribution in [2.24, 2.45) is 5.92 Å². The Morgan fingerprint density at radius 2 is 1.83 bits per heavy atom. The number of benzene rings is 1. The van der Waals surface area contributed by atoms with Crippen LogP contribution in [0.3, 0.4) is 0 Å². The summed E-state index contributed by atoms with van der Waals surface area (Å²) >= 11 is 1.32. The van der Waals surface area contributed by atoms with Gasteiger partial charge in [0, 0.05) is 18.5 Å². The molecule has 0 aliphatic heterocycles. The Labute approximate surface area is 245 Å². The van der Waals surface area contributed by atoms with Gasteiger partial charge in [0.25, 0.3) is 5.91 Å². The SMILES string of the molecule is CC(C)(C)NS(=O)(=O)c1ccc(-c2sc(C(=O)NCCc3noc(=O)[nH]3)nc2CC2CCCCC2)cc1C(C)(C)C. The van der Waals surface area contributed by atoms with E-state index in [1.807, 2.05) is 53.7 Å². The highest BCUT2D eigenvalue weighted by molar-refractivity contribution is 7.89. The molecule has 4 rings (SSSR count). The first-order valence-corrected chi connectivity index (χ1v) is 16.4. The van der Waals surface area contributed by atoms with Gasteiger partial charge in [-0.05, 0) is 61.8 Å². The number of aromatic nitrogens is 3. The van der Waals surface area contributed by atoms with Crippen molar-refractivity contribution in [1.29, 1.82) is 0 Å². The number of thiazole rings is 1. The number of aromatic amines is 1. The molecule has 0 saturated heterocycles. The van der Waals surface area contributed by atoms with E-state index in [1.54, 1.807) is 6.07 Å². The van der Waals surface area contributed by atoms with Gasteiger partial charge >= 0.3 is 5.76 Å². The molecule has 10 nitrogen and oxygen atoms in total. The van der Waals surface area contributed by atoms with Crippen molar-refractivity contribution in [3.63, 3.8) is 0 Å². The first kappa shape index (κ1) is 31.1. The van der Waals surface area contributed by atoms with Crippen molar-refractivity contribution in [2.45, 2.75) is 102 Å². The highest BCUT2D eigenvalue weighted by Crippen LogP contribution is 2.39. The monoisotopic (exact) mass is 603 g/mol. The Bertz CT molecular complexity index is 1530. The van der Waals surface area contributed by atoms with Crippen molar-refractivity contribution in [1.82, 2.24) is 25.2 Å². The van der Waals surface area contributed by atoms with E-state index in [0.717, 1.165) is 35.4 Å². The van der Waals surface area contributed by atoms with Gasteiger partial charge in [0.1, 0.15) is 0 Å². The molecular formula is C29H41N5O5S2. The lowest BCUT2D eigenvalue weighted by atomic mass is 9.84. The second-order valence-corrected chi connectivity index (χ2v) is 15.5. The predicted molar refractivity (Wildman–Crippen MR) is 160 cm³/mol. The molecule has 12 heteroatoms. The molecular weight excluding hydrogens is 562 g/mol. The third-order valence-corrected chi connectivity index (χ3v) is 9.97. The number of sulfonamides is 1. The molecule has 2 heterocycles. The van der Waals surface area contributed by atoms with Crippen LogP contribution in [-0.4, -0.2) is 41.5 Å². The lowest BCUT2D eigenvalue weighted by Crippen LogP contribution is -2.41. The fourth-order valence-corrected chi connectivity index (χ4v) is 7.99. The van der Waals surface area contributed by atoms with Gasteiger partial charge in [-0.2, -0.15) is 0 Å². The Balaban J connectivity index is 1.69. The standard InChI is InChI=1S/C29H41N5O5S2/c1-28(2,3)20-17-19(12-13-22(20)41(37,38)34-29(4,5)6)24-21(16-18-10-8-7-9-11-18)31-26(40-24)25(35)30-15-14-23-32-27(36)39-33-23/h12-13,17-18,34H,7-11,14-16H2,1-6H3,(H,30,35)(H,32,33,36). The number of hydrogen-bond donors (Lipinski definition) is 3. The minimum absolute atomic E-state index is 0.255. The van der Waals surface area contributed by atoms with E-state index in [4.69, 9.17) is 4.98 Å². The molecule has 3 aromatic rings. The van der Waals surface area contributed by atoms with Gasteiger partial charge in [-0.25, -0.2) is 22.9 Å². The Morgan fingerprint density at radius 3 is 2.44 bits per heavy atom. The summed E-state index contributed by atoms with van der Waals surface area (Å²) in [5, 5.41) is 6.83. The maximum atomic E-state index is 13.4. The lowest BCUT2D eigenvalue weighted by Gasteiger charge is -2.27. The highest BCUT2D eigenvalue weighted by Gasteiger charge is 2.30. The minimum atomic E-state index is -3.76. The Kier molecular flexibility index (Phi) is 9.25. The molecule has 1 aliphatic carbocycles. The second-order valence-electron chi connectivity index (χ2n) is 12.9. The minimum Gasteiger partial charge on any atom is -0.350 e. The lowest BCUT2D eigenvalue weighted by molar-refractivity contribution is 0.0953. The number of hydrogen-bond acceptors (Lipinski definition) is 8. The van der Waals surface area contributed by atoms with Gasteiger partial charge in [0.2, 0.25) is 10.0 Å². The molecule has 0 radical (unpaired) electrons. The number of H-pyrrole nitrogens is 1. The Hall–Kier alpha value is -2.83. The first-order chi connectivity index (χ1) is 19.1. The number of nitrogens with zero attached hydrogens (tertiary/aromatic N) is 2. The van der Waals surface area contributed by atoms with Crippen molar-refractivity contribution < 1.29 is 17.7 Å². The molecule has 0 atom stereocenters. The number of carbonyl (C=O) groups excluding carboxylic acids is 1. The van der Waals surface area contributed by atoms with E-state index in [1.165, 1.54) is 30.6 Å². The normalized spacial score (nSPS) is 15.3. The van der Waals surface area contributed by atoms with E-state index < -0.39 is 26.7 Å². The molecule has 0 spiro atoms. The zero-order valence-electron chi connectivity index (χ0n) is 24.7. The van der Waals surface area contributed by atoms with Crippen LogP contribution in [0, 0.1) is 5.92 Å². The number of carbonyl (C=O) groups is 1. The summed E-state index contributed by atoms with van der Waals surface area (Å²) in [6, 6.07) is 5.44. The summed E-state index contributed by atoms with van der Waals surface area (Å²) in [5.74, 6) is -0.0754. The van der Waals surface area contributed by atoms with Crippen LogP contribution in [-0.2, 0) is 28.3 Å². The van der Waals surface area contributed by atoms with Gasteiger partial charge in [-0.1, -0.05) is 64.1 Å². The predicted octanol–water partition coefficient (Wildman–Crippen LogP) is 4.96. The van der Waals surface area contributed by atoms with Gasteiger partial charge in [0.05, 0.1) is 15.5 Å². The molecule has 0 unspecified atom stereocenters. The van der Waals surface area contributed by atoms with Crippen LogP contribution in [0.15, 0.2) is 32.4 Å². The molecule has 1 saturated carbocycles.